The summed E-state index contributed by atoms with van der Waals surface area (Å²) < 4.78 is 3.73. The number of pyridine rings is 2. The Morgan fingerprint density at radius 2 is 2.00 bits per heavy atom. The van der Waals surface area contributed by atoms with Crippen LogP contribution in [0.5, 0.6) is 0 Å². The van der Waals surface area contributed by atoms with Crippen LogP contribution in [0, 0.1) is 0 Å². The fraction of sp³-hybridized carbons (Fsp3) is 0.393. The first-order chi connectivity index (χ1) is 17.0. The average molecular weight is 471 g/mol. The Bertz CT molecular complexity index is 1400. The Morgan fingerprint density at radius 1 is 1.11 bits per heavy atom. The first kappa shape index (κ1) is 23.3. The number of nitrogens with one attached hydrogen (secondary N) is 2. The maximum Gasteiger partial charge on any atom is 0.276 e. The number of fused-ring (bicyclic) bond motifs is 2. The van der Waals surface area contributed by atoms with Crippen molar-refractivity contribution in [1.82, 2.24) is 24.6 Å². The summed E-state index contributed by atoms with van der Waals surface area (Å²) in [5.41, 5.74) is 5.51. The highest BCUT2D eigenvalue weighted by atomic mass is 16.1. The zero-order valence-electron chi connectivity index (χ0n) is 20.8. The third-order valence-electron chi connectivity index (χ3n) is 6.66. The molecule has 3 aromatic heterocycles. The molecule has 0 unspecified atom stereocenters. The molecule has 182 valence electrons. The highest BCUT2D eigenvalue weighted by Crippen LogP contribution is 2.25. The Kier molecular flexibility index (Phi) is 6.68. The van der Waals surface area contributed by atoms with Gasteiger partial charge in [0.2, 0.25) is 0 Å². The van der Waals surface area contributed by atoms with Gasteiger partial charge in [0.05, 0.1) is 10.9 Å². The van der Waals surface area contributed by atoms with E-state index in [-0.39, 0.29) is 11.6 Å². The molecule has 5 rings (SSSR count). The summed E-state index contributed by atoms with van der Waals surface area (Å²) in [5.74, 6) is 1.46. The SMILES string of the molecule is CCCCCc1cccc(-n2c3cc(Nc4ccc5c(c4)CNCC5)ncc3c(=O)n2C(C)C)n1. The van der Waals surface area contributed by atoms with E-state index in [4.69, 9.17) is 4.98 Å². The summed E-state index contributed by atoms with van der Waals surface area (Å²) >= 11 is 0. The van der Waals surface area contributed by atoms with Crippen LogP contribution in [0.4, 0.5) is 11.5 Å². The maximum atomic E-state index is 13.3. The van der Waals surface area contributed by atoms with Gasteiger partial charge in [-0.2, -0.15) is 0 Å². The third-order valence-corrected chi connectivity index (χ3v) is 6.66. The molecular weight excluding hydrogens is 436 g/mol. The molecule has 1 aliphatic rings. The predicted molar refractivity (Wildman–Crippen MR) is 142 cm³/mol. The van der Waals surface area contributed by atoms with Crippen molar-refractivity contribution < 1.29 is 0 Å². The van der Waals surface area contributed by atoms with Crippen molar-refractivity contribution in [2.45, 2.75) is 65.5 Å². The quantitative estimate of drug-likeness (QED) is 0.343. The highest BCUT2D eigenvalue weighted by Gasteiger charge is 2.19. The number of rotatable bonds is 8. The lowest BCUT2D eigenvalue weighted by Crippen LogP contribution is -2.24. The molecule has 7 nitrogen and oxygen atoms in total. The molecule has 4 aromatic rings. The van der Waals surface area contributed by atoms with Gasteiger partial charge in [0.15, 0.2) is 5.82 Å². The molecular formula is C28H34N6O. The Labute approximate surface area is 206 Å². The van der Waals surface area contributed by atoms with E-state index >= 15 is 0 Å². The minimum atomic E-state index is -0.0490. The number of hydrogen-bond acceptors (Lipinski definition) is 5. The lowest BCUT2D eigenvalue weighted by molar-refractivity contribution is 0.472. The van der Waals surface area contributed by atoms with E-state index in [1.54, 1.807) is 10.9 Å². The molecule has 0 spiro atoms. The van der Waals surface area contributed by atoms with Crippen LogP contribution in [0.3, 0.4) is 0 Å². The van der Waals surface area contributed by atoms with Crippen molar-refractivity contribution in [2.24, 2.45) is 0 Å². The Morgan fingerprint density at radius 3 is 2.83 bits per heavy atom. The van der Waals surface area contributed by atoms with Crippen LogP contribution in [-0.4, -0.2) is 25.9 Å². The smallest absolute Gasteiger partial charge is 0.276 e. The van der Waals surface area contributed by atoms with Crippen LogP contribution in [0.2, 0.25) is 0 Å². The fourth-order valence-electron chi connectivity index (χ4n) is 4.87. The average Bonchev–Trinajstić information content (AvgIpc) is 3.16. The summed E-state index contributed by atoms with van der Waals surface area (Å²) in [6, 6.07) is 14.5. The van der Waals surface area contributed by atoms with E-state index < -0.39 is 0 Å². The lowest BCUT2D eigenvalue weighted by atomic mass is 10.0. The Balaban J connectivity index is 1.56. The van der Waals surface area contributed by atoms with E-state index in [0.717, 1.165) is 55.1 Å². The molecule has 2 N–H and O–H groups in total. The molecule has 1 aromatic carbocycles. The summed E-state index contributed by atoms with van der Waals surface area (Å²) in [4.78, 5) is 22.9. The second kappa shape index (κ2) is 10.0. The van der Waals surface area contributed by atoms with Gasteiger partial charge in [-0.05, 0) is 75.0 Å². The van der Waals surface area contributed by atoms with Gasteiger partial charge in [-0.15, -0.1) is 0 Å². The maximum absolute atomic E-state index is 13.3. The fourth-order valence-corrected chi connectivity index (χ4v) is 4.87. The van der Waals surface area contributed by atoms with E-state index in [1.165, 1.54) is 24.0 Å². The minimum Gasteiger partial charge on any atom is -0.340 e. The minimum absolute atomic E-state index is 0.0231. The normalized spacial score (nSPS) is 13.4. The van der Waals surface area contributed by atoms with Crippen molar-refractivity contribution in [1.29, 1.82) is 0 Å². The van der Waals surface area contributed by atoms with Crippen LogP contribution >= 0.6 is 0 Å². The Hall–Kier alpha value is -3.45. The van der Waals surface area contributed by atoms with Crippen LogP contribution in [-0.2, 0) is 19.4 Å². The van der Waals surface area contributed by atoms with E-state index in [2.05, 4.69) is 46.8 Å². The third kappa shape index (κ3) is 4.73. The van der Waals surface area contributed by atoms with Gasteiger partial charge in [0, 0.05) is 36.2 Å². The van der Waals surface area contributed by atoms with Crippen molar-refractivity contribution in [3.8, 4) is 5.82 Å². The first-order valence-corrected chi connectivity index (χ1v) is 12.7. The van der Waals surface area contributed by atoms with E-state index in [1.807, 2.05) is 36.7 Å². The molecule has 0 radical (unpaired) electrons. The molecule has 7 heteroatoms. The molecule has 4 heterocycles. The van der Waals surface area contributed by atoms with Gasteiger partial charge in [-0.3, -0.25) is 4.79 Å². The van der Waals surface area contributed by atoms with Crippen LogP contribution in [0.25, 0.3) is 16.7 Å². The topological polar surface area (TPSA) is 76.8 Å². The largest absolute Gasteiger partial charge is 0.340 e. The lowest BCUT2D eigenvalue weighted by Gasteiger charge is -2.18. The molecule has 1 aliphatic heterocycles. The van der Waals surface area contributed by atoms with E-state index in [0.29, 0.717) is 11.2 Å². The standard InChI is InChI=1S/C28H34N6O/c1-4-5-6-8-22-9-7-10-27(32-22)34-25-16-26(30-18-24(25)28(35)33(34)19(2)3)31-23-12-11-20-13-14-29-17-21(20)15-23/h7,9-12,15-16,18-19,29H,4-6,8,13-14,17H2,1-3H3,(H,30,31). The van der Waals surface area contributed by atoms with Gasteiger partial charge >= 0.3 is 0 Å². The van der Waals surface area contributed by atoms with Gasteiger partial charge in [0.1, 0.15) is 5.82 Å². The number of nitrogens with zero attached hydrogens (tertiary/aromatic N) is 4. The molecule has 0 aliphatic carbocycles. The zero-order chi connectivity index (χ0) is 24.4. The summed E-state index contributed by atoms with van der Waals surface area (Å²) in [5, 5.41) is 7.47. The van der Waals surface area contributed by atoms with Crippen LogP contribution in [0.1, 0.15) is 62.9 Å². The molecule has 0 fully saturated rings. The second-order valence-corrected chi connectivity index (χ2v) is 9.62. The molecule has 0 atom stereocenters. The van der Waals surface area contributed by atoms with Gasteiger partial charge in [-0.1, -0.05) is 31.9 Å². The van der Waals surface area contributed by atoms with Gasteiger partial charge in [-0.25, -0.2) is 19.3 Å². The summed E-state index contributed by atoms with van der Waals surface area (Å²) in [7, 11) is 0. The highest BCUT2D eigenvalue weighted by molar-refractivity contribution is 5.82. The van der Waals surface area contributed by atoms with Crippen molar-refractivity contribution in [3.05, 3.63) is 75.8 Å². The van der Waals surface area contributed by atoms with Crippen molar-refractivity contribution >= 4 is 22.4 Å². The van der Waals surface area contributed by atoms with Crippen molar-refractivity contribution in [3.63, 3.8) is 0 Å². The predicted octanol–water partition coefficient (Wildman–Crippen LogP) is 5.29. The number of aromatic nitrogens is 4. The van der Waals surface area contributed by atoms with Gasteiger partial charge in [0.25, 0.3) is 5.56 Å². The number of unbranched alkanes of at least 4 members (excludes halogenated alkanes) is 2. The monoisotopic (exact) mass is 470 g/mol. The van der Waals surface area contributed by atoms with Crippen LogP contribution < -0.4 is 16.2 Å². The summed E-state index contributed by atoms with van der Waals surface area (Å²) in [6.45, 7) is 8.16. The first-order valence-electron chi connectivity index (χ1n) is 12.7. The zero-order valence-corrected chi connectivity index (χ0v) is 20.8. The van der Waals surface area contributed by atoms with Crippen molar-refractivity contribution in [2.75, 3.05) is 11.9 Å². The van der Waals surface area contributed by atoms with E-state index in [9.17, 15) is 4.79 Å². The van der Waals surface area contributed by atoms with Crippen LogP contribution in [0.15, 0.2) is 53.5 Å². The number of anilines is 2. The number of benzene rings is 1. The molecule has 0 saturated carbocycles. The summed E-state index contributed by atoms with van der Waals surface area (Å²) in [6.07, 6.45) is 7.16. The molecule has 0 amide bonds. The second-order valence-electron chi connectivity index (χ2n) is 9.62. The molecule has 0 saturated heterocycles. The number of hydrogen-bond donors (Lipinski definition) is 2. The molecule has 35 heavy (non-hydrogen) atoms. The van der Waals surface area contributed by atoms with Gasteiger partial charge < -0.3 is 10.6 Å². The molecule has 0 bridgehead atoms. The number of aryl methyl sites for hydroxylation is 1.